The van der Waals surface area contributed by atoms with Crippen LogP contribution in [-0.2, 0) is 11.3 Å². The van der Waals surface area contributed by atoms with Gasteiger partial charge in [-0.25, -0.2) is 0 Å². The second-order valence-corrected chi connectivity index (χ2v) is 7.69. The maximum absolute atomic E-state index is 13.0. The van der Waals surface area contributed by atoms with Crippen LogP contribution in [0.3, 0.4) is 0 Å². The average molecular weight is 385 g/mol. The van der Waals surface area contributed by atoms with E-state index in [0.29, 0.717) is 13.1 Å². The minimum Gasteiger partial charge on any atom is -0.341 e. The summed E-state index contributed by atoms with van der Waals surface area (Å²) in [4.78, 5) is 19.2. The van der Waals surface area contributed by atoms with Crippen molar-refractivity contribution in [3.05, 3.63) is 35.9 Å². The van der Waals surface area contributed by atoms with Gasteiger partial charge in [-0.15, -0.1) is 0 Å². The van der Waals surface area contributed by atoms with E-state index >= 15 is 0 Å². The van der Waals surface area contributed by atoms with E-state index in [1.807, 2.05) is 49.3 Å². The van der Waals surface area contributed by atoms with Crippen LogP contribution in [0.2, 0.25) is 0 Å². The molecule has 1 saturated carbocycles. The number of benzene rings is 1. The summed E-state index contributed by atoms with van der Waals surface area (Å²) in [5, 5.41) is 4.41. The van der Waals surface area contributed by atoms with E-state index in [-0.39, 0.29) is 11.8 Å². The van der Waals surface area contributed by atoms with Gasteiger partial charge in [0.25, 0.3) is 0 Å². The second kappa shape index (κ2) is 9.24. The normalized spacial score (nSPS) is 13.8. The van der Waals surface area contributed by atoms with Crippen molar-refractivity contribution >= 4 is 11.8 Å². The number of hydrogen-bond donors (Lipinski definition) is 0. The minimum absolute atomic E-state index is 0.194. The van der Waals surface area contributed by atoms with Crippen molar-refractivity contribution < 1.29 is 9.32 Å². The topological polar surface area (TPSA) is 52.8 Å². The summed E-state index contributed by atoms with van der Waals surface area (Å²) in [6.45, 7) is 7.96. The lowest BCUT2D eigenvalue weighted by Crippen LogP contribution is -2.37. The number of hydrogen-bond acceptors (Lipinski definition) is 5. The van der Waals surface area contributed by atoms with E-state index in [0.717, 1.165) is 55.2 Å². The Labute approximate surface area is 168 Å². The van der Waals surface area contributed by atoms with E-state index in [9.17, 15) is 4.79 Å². The maximum atomic E-state index is 13.0. The molecular formula is C22H32N4O2. The van der Waals surface area contributed by atoms with Crippen molar-refractivity contribution in [1.82, 2.24) is 15.0 Å². The Kier molecular flexibility index (Phi) is 6.73. The highest BCUT2D eigenvalue weighted by atomic mass is 16.5. The predicted molar refractivity (Wildman–Crippen MR) is 112 cm³/mol. The molecule has 1 aromatic heterocycles. The van der Waals surface area contributed by atoms with Crippen molar-refractivity contribution in [2.75, 3.05) is 45.2 Å². The monoisotopic (exact) mass is 384 g/mol. The highest BCUT2D eigenvalue weighted by Crippen LogP contribution is 2.35. The largest absolute Gasteiger partial charge is 0.341 e. The molecule has 1 fully saturated rings. The van der Waals surface area contributed by atoms with Gasteiger partial charge in [-0.05, 0) is 40.8 Å². The van der Waals surface area contributed by atoms with Crippen molar-refractivity contribution in [2.45, 2.75) is 33.2 Å². The number of aromatic nitrogens is 1. The molecule has 1 heterocycles. The van der Waals surface area contributed by atoms with Gasteiger partial charge in [-0.2, -0.15) is 0 Å². The van der Waals surface area contributed by atoms with Crippen LogP contribution in [0.15, 0.2) is 34.9 Å². The van der Waals surface area contributed by atoms with Gasteiger partial charge in [-0.3, -0.25) is 4.79 Å². The van der Waals surface area contributed by atoms with Crippen molar-refractivity contribution in [3.63, 3.8) is 0 Å². The Morgan fingerprint density at radius 3 is 2.36 bits per heavy atom. The second-order valence-electron chi connectivity index (χ2n) is 7.69. The summed E-state index contributed by atoms with van der Waals surface area (Å²) < 4.78 is 5.80. The van der Waals surface area contributed by atoms with E-state index in [4.69, 9.17) is 4.52 Å². The quantitative estimate of drug-likeness (QED) is 0.628. The molecule has 0 saturated heterocycles. The predicted octanol–water partition coefficient (Wildman–Crippen LogP) is 3.49. The average Bonchev–Trinajstić information content (AvgIpc) is 3.48. The number of nitrogens with zero attached hydrogens (tertiary/aromatic N) is 4. The Hall–Kier alpha value is -2.34. The first-order chi connectivity index (χ1) is 13.5. The first kappa shape index (κ1) is 20.4. The van der Waals surface area contributed by atoms with Crippen molar-refractivity contribution in [3.8, 4) is 11.3 Å². The Bertz CT molecular complexity index is 764. The molecule has 152 valence electrons. The first-order valence-corrected chi connectivity index (χ1v) is 10.3. The lowest BCUT2D eigenvalue weighted by molar-refractivity contribution is -0.133. The Morgan fingerprint density at radius 2 is 1.79 bits per heavy atom. The number of amides is 1. The number of likely N-dealkylation sites (N-methyl/N-ethyl adjacent to an activating group) is 1. The number of carbonyl (C=O) groups excluding carboxylic acids is 1. The molecule has 0 radical (unpaired) electrons. The molecule has 6 nitrogen and oxygen atoms in total. The number of rotatable bonds is 10. The van der Waals surface area contributed by atoms with Gasteiger partial charge in [0.15, 0.2) is 0 Å². The highest BCUT2D eigenvalue weighted by Gasteiger charge is 2.34. The molecule has 1 amide bonds. The molecule has 0 spiro atoms. The molecule has 1 aliphatic rings. The molecule has 0 aliphatic heterocycles. The minimum atomic E-state index is 0.194. The highest BCUT2D eigenvalue weighted by molar-refractivity contribution is 5.81. The Morgan fingerprint density at radius 1 is 1.11 bits per heavy atom. The molecule has 0 unspecified atom stereocenters. The van der Waals surface area contributed by atoms with Crippen LogP contribution in [0, 0.1) is 5.92 Å². The lowest BCUT2D eigenvalue weighted by Gasteiger charge is -2.26. The van der Waals surface area contributed by atoms with Gasteiger partial charge in [0.05, 0.1) is 12.1 Å². The SMILES string of the molecule is CCN(CC)c1onc(-c2ccccc2)c1CN(CCN(C)C)C(=O)C1CC1. The van der Waals surface area contributed by atoms with E-state index in [1.165, 1.54) is 0 Å². The lowest BCUT2D eigenvalue weighted by atomic mass is 10.1. The van der Waals surface area contributed by atoms with Crippen LogP contribution in [0.5, 0.6) is 0 Å². The van der Waals surface area contributed by atoms with Crippen LogP contribution in [0.25, 0.3) is 11.3 Å². The van der Waals surface area contributed by atoms with Crippen molar-refractivity contribution in [2.24, 2.45) is 5.92 Å². The van der Waals surface area contributed by atoms with Gasteiger partial charge in [-0.1, -0.05) is 35.5 Å². The molecule has 0 N–H and O–H groups in total. The molecule has 3 rings (SSSR count). The Balaban J connectivity index is 1.96. The van der Waals surface area contributed by atoms with Gasteiger partial charge < -0.3 is 19.2 Å². The van der Waals surface area contributed by atoms with Crippen LogP contribution >= 0.6 is 0 Å². The van der Waals surface area contributed by atoms with Gasteiger partial charge in [0.2, 0.25) is 11.8 Å². The van der Waals surface area contributed by atoms with Crippen LogP contribution in [-0.4, -0.2) is 61.1 Å². The van der Waals surface area contributed by atoms with Crippen molar-refractivity contribution in [1.29, 1.82) is 0 Å². The molecule has 28 heavy (non-hydrogen) atoms. The number of carbonyl (C=O) groups is 1. The summed E-state index contributed by atoms with van der Waals surface area (Å²) in [6, 6.07) is 10.1. The first-order valence-electron chi connectivity index (χ1n) is 10.3. The molecule has 6 heteroatoms. The summed E-state index contributed by atoms with van der Waals surface area (Å²) >= 11 is 0. The zero-order valence-corrected chi connectivity index (χ0v) is 17.5. The van der Waals surface area contributed by atoms with Gasteiger partial charge in [0, 0.05) is 37.7 Å². The van der Waals surface area contributed by atoms with Gasteiger partial charge in [0.1, 0.15) is 5.69 Å². The maximum Gasteiger partial charge on any atom is 0.232 e. The fraction of sp³-hybridized carbons (Fsp3) is 0.545. The van der Waals surface area contributed by atoms with Crippen LogP contribution in [0.4, 0.5) is 5.88 Å². The smallest absolute Gasteiger partial charge is 0.232 e. The number of anilines is 1. The molecule has 0 bridgehead atoms. The standard InChI is InChI=1S/C22H32N4O2/c1-5-25(6-2)22-19(20(23-28-22)17-10-8-7-9-11-17)16-26(15-14-24(3)4)21(27)18-12-13-18/h7-11,18H,5-6,12-16H2,1-4H3. The molecule has 1 aliphatic carbocycles. The third kappa shape index (κ3) is 4.73. The van der Waals surface area contributed by atoms with Gasteiger partial charge >= 0.3 is 0 Å². The summed E-state index contributed by atoms with van der Waals surface area (Å²) in [7, 11) is 4.08. The van der Waals surface area contributed by atoms with E-state index < -0.39 is 0 Å². The fourth-order valence-corrected chi connectivity index (χ4v) is 3.39. The summed E-state index contributed by atoms with van der Waals surface area (Å²) in [5.74, 6) is 1.23. The fourth-order valence-electron chi connectivity index (χ4n) is 3.39. The molecular weight excluding hydrogens is 352 g/mol. The van der Waals surface area contributed by atoms with E-state index in [1.54, 1.807) is 0 Å². The third-order valence-corrected chi connectivity index (χ3v) is 5.27. The molecule has 2 aromatic rings. The summed E-state index contributed by atoms with van der Waals surface area (Å²) in [5.41, 5.74) is 2.86. The zero-order valence-electron chi connectivity index (χ0n) is 17.5. The third-order valence-electron chi connectivity index (χ3n) is 5.27. The summed E-state index contributed by atoms with van der Waals surface area (Å²) in [6.07, 6.45) is 2.02. The van der Waals surface area contributed by atoms with Crippen LogP contribution < -0.4 is 4.90 Å². The van der Waals surface area contributed by atoms with E-state index in [2.05, 4.69) is 28.8 Å². The molecule has 1 aromatic carbocycles. The molecule has 0 atom stereocenters. The van der Waals surface area contributed by atoms with Crippen LogP contribution in [0.1, 0.15) is 32.3 Å². The zero-order chi connectivity index (χ0) is 20.1.